The van der Waals surface area contributed by atoms with Crippen LogP contribution < -0.4 is 5.32 Å². The van der Waals surface area contributed by atoms with E-state index in [2.05, 4.69) is 30.4 Å². The van der Waals surface area contributed by atoms with Gasteiger partial charge in [0.25, 0.3) is 0 Å². The van der Waals surface area contributed by atoms with Crippen LogP contribution in [0.3, 0.4) is 0 Å². The fourth-order valence-corrected chi connectivity index (χ4v) is 2.88. The molecule has 0 spiro atoms. The first-order valence-corrected chi connectivity index (χ1v) is 6.95. The lowest BCUT2D eigenvalue weighted by molar-refractivity contribution is -0.138. The van der Waals surface area contributed by atoms with Crippen molar-refractivity contribution in [3.05, 3.63) is 35.0 Å². The molecule has 1 unspecified atom stereocenters. The molecule has 0 fully saturated rings. The van der Waals surface area contributed by atoms with Crippen LogP contribution in [0.2, 0.25) is 0 Å². The number of aryl methyl sites for hydroxylation is 3. The van der Waals surface area contributed by atoms with Crippen molar-refractivity contribution in [2.75, 3.05) is 5.32 Å². The van der Waals surface area contributed by atoms with Gasteiger partial charge in [-0.05, 0) is 50.3 Å². The van der Waals surface area contributed by atoms with E-state index in [1.807, 2.05) is 6.92 Å². The largest absolute Gasteiger partial charge is 0.480 e. The van der Waals surface area contributed by atoms with Crippen LogP contribution in [0.1, 0.15) is 29.7 Å². The standard InChI is InChI=1S/C16H18N2O2/c1-9-6-7-11-10(2)15-12(17-14(11)8-9)4-3-5-13(18-15)16(19)20/h6-8,13,18H,3-5H2,1-2H3,(H,19,20). The van der Waals surface area contributed by atoms with E-state index in [1.165, 1.54) is 5.56 Å². The number of carboxylic acids is 1. The summed E-state index contributed by atoms with van der Waals surface area (Å²) in [7, 11) is 0. The quantitative estimate of drug-likeness (QED) is 0.836. The molecule has 2 aromatic rings. The highest BCUT2D eigenvalue weighted by Crippen LogP contribution is 2.31. The van der Waals surface area contributed by atoms with Gasteiger partial charge < -0.3 is 10.4 Å². The summed E-state index contributed by atoms with van der Waals surface area (Å²) >= 11 is 0. The van der Waals surface area contributed by atoms with Gasteiger partial charge in [0.2, 0.25) is 0 Å². The predicted octanol–water partition coefficient (Wildman–Crippen LogP) is 3.05. The molecule has 2 heterocycles. The number of aromatic nitrogens is 1. The second-order valence-corrected chi connectivity index (χ2v) is 5.51. The van der Waals surface area contributed by atoms with Crippen molar-refractivity contribution in [2.24, 2.45) is 0 Å². The Bertz CT molecular complexity index is 694. The van der Waals surface area contributed by atoms with E-state index in [0.29, 0.717) is 6.42 Å². The van der Waals surface area contributed by atoms with Crippen LogP contribution in [0.5, 0.6) is 0 Å². The van der Waals surface area contributed by atoms with E-state index >= 15 is 0 Å². The minimum absolute atomic E-state index is 0.514. The van der Waals surface area contributed by atoms with E-state index in [4.69, 9.17) is 4.98 Å². The second kappa shape index (κ2) is 4.78. The van der Waals surface area contributed by atoms with Gasteiger partial charge in [0, 0.05) is 5.39 Å². The number of hydrogen-bond donors (Lipinski definition) is 2. The van der Waals surface area contributed by atoms with Gasteiger partial charge in [-0.25, -0.2) is 4.79 Å². The first-order valence-electron chi connectivity index (χ1n) is 6.95. The lowest BCUT2D eigenvalue weighted by Crippen LogP contribution is -2.28. The number of nitrogens with zero attached hydrogens (tertiary/aromatic N) is 1. The lowest BCUT2D eigenvalue weighted by atomic mass is 10.0. The fourth-order valence-electron chi connectivity index (χ4n) is 2.88. The molecule has 20 heavy (non-hydrogen) atoms. The molecule has 1 aliphatic heterocycles. The molecule has 1 aliphatic rings. The molecule has 3 rings (SSSR count). The number of pyridine rings is 1. The maximum atomic E-state index is 11.3. The maximum Gasteiger partial charge on any atom is 0.326 e. The van der Waals surface area contributed by atoms with Gasteiger partial charge in [-0.3, -0.25) is 4.98 Å². The molecule has 0 amide bonds. The van der Waals surface area contributed by atoms with Gasteiger partial charge in [-0.15, -0.1) is 0 Å². The van der Waals surface area contributed by atoms with Gasteiger partial charge in [0.15, 0.2) is 0 Å². The topological polar surface area (TPSA) is 62.2 Å². The van der Waals surface area contributed by atoms with E-state index < -0.39 is 12.0 Å². The molecule has 104 valence electrons. The Morgan fingerprint density at radius 2 is 2.20 bits per heavy atom. The van der Waals surface area contributed by atoms with Crippen LogP contribution in [0.25, 0.3) is 10.9 Å². The SMILES string of the molecule is Cc1ccc2c(C)c3c(nc2c1)CCCC(C(=O)O)N3. The third kappa shape index (κ3) is 2.11. The van der Waals surface area contributed by atoms with Crippen molar-refractivity contribution < 1.29 is 9.90 Å². The summed E-state index contributed by atoms with van der Waals surface area (Å²) in [6, 6.07) is 5.70. The van der Waals surface area contributed by atoms with Crippen LogP contribution in [-0.4, -0.2) is 22.1 Å². The zero-order chi connectivity index (χ0) is 14.3. The average Bonchev–Trinajstić information content (AvgIpc) is 2.61. The Labute approximate surface area is 117 Å². The van der Waals surface area contributed by atoms with E-state index in [-0.39, 0.29) is 0 Å². The normalized spacial score (nSPS) is 18.2. The average molecular weight is 270 g/mol. The monoisotopic (exact) mass is 270 g/mol. The molecule has 0 radical (unpaired) electrons. The number of carbonyl (C=O) groups is 1. The Morgan fingerprint density at radius 3 is 2.95 bits per heavy atom. The van der Waals surface area contributed by atoms with Gasteiger partial charge in [-0.2, -0.15) is 0 Å². The van der Waals surface area contributed by atoms with Crippen LogP contribution in [0, 0.1) is 13.8 Å². The molecular weight excluding hydrogens is 252 g/mol. The Balaban J connectivity index is 2.18. The predicted molar refractivity (Wildman–Crippen MR) is 79.2 cm³/mol. The highest BCUT2D eigenvalue weighted by Gasteiger charge is 2.24. The third-order valence-electron chi connectivity index (χ3n) is 4.00. The molecular formula is C16H18N2O2. The molecule has 4 nitrogen and oxygen atoms in total. The zero-order valence-corrected chi connectivity index (χ0v) is 11.7. The number of rotatable bonds is 1. The molecule has 1 aromatic heterocycles. The van der Waals surface area contributed by atoms with Crippen molar-refractivity contribution in [1.82, 2.24) is 4.98 Å². The highest BCUT2D eigenvalue weighted by atomic mass is 16.4. The summed E-state index contributed by atoms with van der Waals surface area (Å²) in [6.07, 6.45) is 2.32. The van der Waals surface area contributed by atoms with Gasteiger partial charge >= 0.3 is 5.97 Å². The second-order valence-electron chi connectivity index (χ2n) is 5.51. The zero-order valence-electron chi connectivity index (χ0n) is 11.7. The van der Waals surface area contributed by atoms with Crippen LogP contribution in [0.15, 0.2) is 18.2 Å². The van der Waals surface area contributed by atoms with Gasteiger partial charge in [0.05, 0.1) is 16.9 Å². The first-order chi connectivity index (χ1) is 9.56. The maximum absolute atomic E-state index is 11.3. The van der Waals surface area contributed by atoms with E-state index in [0.717, 1.165) is 40.7 Å². The molecule has 2 N–H and O–H groups in total. The Kier molecular flexibility index (Phi) is 3.08. The number of carboxylic acid groups (broad SMARTS) is 1. The number of nitrogens with one attached hydrogen (secondary N) is 1. The van der Waals surface area contributed by atoms with E-state index in [1.54, 1.807) is 0 Å². The molecule has 0 saturated carbocycles. The van der Waals surface area contributed by atoms with Crippen molar-refractivity contribution in [3.63, 3.8) is 0 Å². The number of aliphatic carboxylic acids is 1. The fraction of sp³-hybridized carbons (Fsp3) is 0.375. The summed E-state index contributed by atoms with van der Waals surface area (Å²) in [5, 5.41) is 13.5. The molecule has 1 aromatic carbocycles. The van der Waals surface area contributed by atoms with Crippen molar-refractivity contribution >= 4 is 22.6 Å². The summed E-state index contributed by atoms with van der Waals surface area (Å²) in [5.74, 6) is -0.791. The Morgan fingerprint density at radius 1 is 1.40 bits per heavy atom. The number of anilines is 1. The van der Waals surface area contributed by atoms with Gasteiger partial charge in [0.1, 0.15) is 6.04 Å². The third-order valence-corrected chi connectivity index (χ3v) is 4.00. The number of fused-ring (bicyclic) bond motifs is 2. The molecule has 0 saturated heterocycles. The lowest BCUT2D eigenvalue weighted by Gasteiger charge is -2.17. The summed E-state index contributed by atoms with van der Waals surface area (Å²) in [4.78, 5) is 16.0. The highest BCUT2D eigenvalue weighted by molar-refractivity contribution is 5.89. The van der Waals surface area contributed by atoms with Crippen LogP contribution in [0.4, 0.5) is 5.69 Å². The minimum Gasteiger partial charge on any atom is -0.480 e. The summed E-state index contributed by atoms with van der Waals surface area (Å²) in [6.45, 7) is 4.09. The van der Waals surface area contributed by atoms with Crippen molar-refractivity contribution in [2.45, 2.75) is 39.2 Å². The van der Waals surface area contributed by atoms with Crippen LogP contribution in [-0.2, 0) is 11.2 Å². The van der Waals surface area contributed by atoms with Crippen LogP contribution >= 0.6 is 0 Å². The number of hydrogen-bond acceptors (Lipinski definition) is 3. The summed E-state index contributed by atoms with van der Waals surface area (Å²) < 4.78 is 0. The first kappa shape index (κ1) is 12.9. The molecule has 0 aliphatic carbocycles. The van der Waals surface area contributed by atoms with Crippen molar-refractivity contribution in [3.8, 4) is 0 Å². The minimum atomic E-state index is -0.791. The Hall–Kier alpha value is -2.10. The molecule has 4 heteroatoms. The van der Waals surface area contributed by atoms with Gasteiger partial charge in [-0.1, -0.05) is 12.1 Å². The smallest absolute Gasteiger partial charge is 0.326 e. The molecule has 0 bridgehead atoms. The summed E-state index contributed by atoms with van der Waals surface area (Å²) in [5.41, 5.74) is 5.18. The number of benzene rings is 1. The van der Waals surface area contributed by atoms with Crippen molar-refractivity contribution in [1.29, 1.82) is 0 Å². The molecule has 1 atom stereocenters. The van der Waals surface area contributed by atoms with E-state index in [9.17, 15) is 9.90 Å².